The highest BCUT2D eigenvalue weighted by Crippen LogP contribution is 2.48. The van der Waals surface area contributed by atoms with Crippen molar-refractivity contribution >= 4 is 12.6 Å². The van der Waals surface area contributed by atoms with Gasteiger partial charge in [-0.15, -0.1) is 0 Å². The Balaban J connectivity index is 1.80. The quantitative estimate of drug-likeness (QED) is 0.774. The molecule has 120 valence electrons. The van der Waals surface area contributed by atoms with Crippen LogP contribution in [0.5, 0.6) is 0 Å². The van der Waals surface area contributed by atoms with Crippen molar-refractivity contribution in [1.29, 1.82) is 0 Å². The zero-order valence-corrected chi connectivity index (χ0v) is 13.9. The predicted octanol–water partition coefficient (Wildman–Crippen LogP) is 3.81. The maximum atomic E-state index is 13.0. The van der Waals surface area contributed by atoms with Crippen LogP contribution in [0.2, 0.25) is 0 Å². The molecule has 1 heterocycles. The highest BCUT2D eigenvalue weighted by Gasteiger charge is 2.52. The molecule has 1 aliphatic carbocycles. The van der Waals surface area contributed by atoms with Crippen molar-refractivity contribution in [2.45, 2.75) is 70.5 Å². The summed E-state index contributed by atoms with van der Waals surface area (Å²) in [5.74, 6) is -2.51. The first kappa shape index (κ1) is 15.9. The van der Waals surface area contributed by atoms with Gasteiger partial charge in [-0.3, -0.25) is 0 Å². The Bertz CT molecular complexity index is 574. The zero-order valence-electron chi connectivity index (χ0n) is 13.9. The fourth-order valence-electron chi connectivity index (χ4n) is 3.08. The van der Waals surface area contributed by atoms with Crippen molar-refractivity contribution < 1.29 is 18.1 Å². The molecule has 1 aromatic carbocycles. The third kappa shape index (κ3) is 2.58. The van der Waals surface area contributed by atoms with E-state index in [1.54, 1.807) is 0 Å². The largest absolute Gasteiger partial charge is 0.495 e. The molecule has 0 N–H and O–H groups in total. The van der Waals surface area contributed by atoms with Crippen molar-refractivity contribution in [2.24, 2.45) is 0 Å². The van der Waals surface area contributed by atoms with Gasteiger partial charge in [-0.05, 0) is 51.6 Å². The third-order valence-electron chi connectivity index (χ3n) is 5.36. The first-order valence-corrected chi connectivity index (χ1v) is 7.85. The lowest BCUT2D eigenvalue weighted by atomic mass is 9.72. The molecule has 0 amide bonds. The Morgan fingerprint density at radius 2 is 1.59 bits per heavy atom. The molecule has 1 saturated carbocycles. The molecule has 0 atom stereocenters. The van der Waals surface area contributed by atoms with E-state index in [4.69, 9.17) is 9.31 Å². The molecule has 0 radical (unpaired) electrons. The lowest BCUT2D eigenvalue weighted by Crippen LogP contribution is -2.41. The number of rotatable bonds is 2. The van der Waals surface area contributed by atoms with Crippen molar-refractivity contribution in [3.63, 3.8) is 0 Å². The van der Waals surface area contributed by atoms with E-state index >= 15 is 0 Å². The highest BCUT2D eigenvalue weighted by molar-refractivity contribution is 6.62. The fourth-order valence-corrected chi connectivity index (χ4v) is 3.08. The first-order valence-electron chi connectivity index (χ1n) is 7.85. The van der Waals surface area contributed by atoms with Crippen LogP contribution in [0.3, 0.4) is 0 Å². The van der Waals surface area contributed by atoms with Crippen LogP contribution in [0, 0.1) is 6.92 Å². The topological polar surface area (TPSA) is 18.5 Å². The molecule has 22 heavy (non-hydrogen) atoms. The van der Waals surface area contributed by atoms with Crippen LogP contribution in [0.25, 0.3) is 0 Å². The Kier molecular flexibility index (Phi) is 3.46. The van der Waals surface area contributed by atoms with Gasteiger partial charge < -0.3 is 9.31 Å². The molecule has 2 aliphatic rings. The number of alkyl halides is 2. The molecule has 0 spiro atoms. The van der Waals surface area contributed by atoms with Crippen LogP contribution in [-0.2, 0) is 9.31 Å². The summed E-state index contributed by atoms with van der Waals surface area (Å²) in [6, 6.07) is 5.90. The average Bonchev–Trinajstić information content (AvgIpc) is 2.55. The smallest absolute Gasteiger partial charge is 0.399 e. The van der Waals surface area contributed by atoms with Crippen LogP contribution in [0.4, 0.5) is 8.78 Å². The second kappa shape index (κ2) is 4.78. The normalized spacial score (nSPS) is 26.0. The van der Waals surface area contributed by atoms with Crippen molar-refractivity contribution in [3.05, 3.63) is 29.3 Å². The molecule has 1 aliphatic heterocycles. The summed E-state index contributed by atoms with van der Waals surface area (Å²) in [4.78, 5) is 0. The van der Waals surface area contributed by atoms with Crippen LogP contribution < -0.4 is 5.46 Å². The number of halogens is 2. The molecule has 0 unspecified atom stereocenters. The summed E-state index contributed by atoms with van der Waals surface area (Å²) in [6.45, 7) is 10.1. The first-order chi connectivity index (χ1) is 10.0. The summed E-state index contributed by atoms with van der Waals surface area (Å²) >= 11 is 0. The molecule has 5 heteroatoms. The lowest BCUT2D eigenvalue weighted by Gasteiger charge is -2.35. The standard InChI is InChI=1S/C17H23BF2O2/c1-11-8-12(13-9-17(19,20)10-13)6-7-14(11)18-21-15(2,3)16(4,5)22-18/h6-8,13H,9-10H2,1-5H3. The van der Waals surface area contributed by atoms with E-state index in [0.29, 0.717) is 0 Å². The van der Waals surface area contributed by atoms with Crippen LogP contribution >= 0.6 is 0 Å². The third-order valence-corrected chi connectivity index (χ3v) is 5.36. The van der Waals surface area contributed by atoms with Crippen molar-refractivity contribution in [2.75, 3.05) is 0 Å². The zero-order chi connectivity index (χ0) is 16.3. The SMILES string of the molecule is Cc1cc(C2CC(F)(F)C2)ccc1B1OC(C)(C)C(C)(C)O1. The number of hydrogen-bond donors (Lipinski definition) is 0. The number of aryl methyl sites for hydroxylation is 1. The highest BCUT2D eigenvalue weighted by atomic mass is 19.3. The van der Waals surface area contributed by atoms with Crippen molar-refractivity contribution in [3.8, 4) is 0 Å². The average molecular weight is 308 g/mol. The minimum absolute atomic E-state index is 0.0268. The van der Waals surface area contributed by atoms with E-state index in [0.717, 1.165) is 16.6 Å². The van der Waals surface area contributed by atoms with Crippen LogP contribution in [0.1, 0.15) is 57.6 Å². The minimum atomic E-state index is -2.48. The van der Waals surface area contributed by atoms with Gasteiger partial charge in [0.25, 0.3) is 0 Å². The van der Waals surface area contributed by atoms with E-state index in [2.05, 4.69) is 0 Å². The van der Waals surface area contributed by atoms with Gasteiger partial charge in [0.1, 0.15) is 0 Å². The fraction of sp³-hybridized carbons (Fsp3) is 0.647. The summed E-state index contributed by atoms with van der Waals surface area (Å²) in [7, 11) is -0.401. The molecular weight excluding hydrogens is 285 g/mol. The summed E-state index contributed by atoms with van der Waals surface area (Å²) in [5.41, 5.74) is 2.25. The molecule has 0 aromatic heterocycles. The Labute approximate surface area is 131 Å². The second-order valence-electron chi connectivity index (χ2n) is 7.67. The number of hydrogen-bond acceptors (Lipinski definition) is 2. The van der Waals surface area contributed by atoms with Gasteiger partial charge in [-0.2, -0.15) is 0 Å². The van der Waals surface area contributed by atoms with Crippen LogP contribution in [-0.4, -0.2) is 24.2 Å². The Hall–Kier alpha value is -0.935. The number of benzene rings is 1. The molecule has 2 fully saturated rings. The van der Waals surface area contributed by atoms with Crippen LogP contribution in [0.15, 0.2) is 18.2 Å². The predicted molar refractivity (Wildman–Crippen MR) is 83.8 cm³/mol. The molecule has 1 saturated heterocycles. The van der Waals surface area contributed by atoms with E-state index in [1.807, 2.05) is 52.8 Å². The lowest BCUT2D eigenvalue weighted by molar-refractivity contribution is -0.0867. The maximum Gasteiger partial charge on any atom is 0.495 e. The Morgan fingerprint density at radius 1 is 1.05 bits per heavy atom. The van der Waals surface area contributed by atoms with E-state index in [-0.39, 0.29) is 30.0 Å². The van der Waals surface area contributed by atoms with Crippen molar-refractivity contribution in [1.82, 2.24) is 0 Å². The maximum absolute atomic E-state index is 13.0. The van der Waals surface area contributed by atoms with Gasteiger partial charge in [-0.25, -0.2) is 8.78 Å². The van der Waals surface area contributed by atoms with Gasteiger partial charge in [-0.1, -0.05) is 23.8 Å². The summed E-state index contributed by atoms with van der Waals surface area (Å²) < 4.78 is 38.2. The summed E-state index contributed by atoms with van der Waals surface area (Å²) in [6.07, 6.45) is -0.0788. The van der Waals surface area contributed by atoms with E-state index in [1.165, 1.54) is 0 Å². The second-order valence-corrected chi connectivity index (χ2v) is 7.67. The monoisotopic (exact) mass is 308 g/mol. The molecule has 2 nitrogen and oxygen atoms in total. The molecule has 1 aromatic rings. The van der Waals surface area contributed by atoms with Gasteiger partial charge >= 0.3 is 7.12 Å². The summed E-state index contributed by atoms with van der Waals surface area (Å²) in [5, 5.41) is 0. The molecule has 0 bridgehead atoms. The minimum Gasteiger partial charge on any atom is -0.399 e. The van der Waals surface area contributed by atoms with Gasteiger partial charge in [0, 0.05) is 12.8 Å². The molecular formula is C17H23BF2O2. The van der Waals surface area contributed by atoms with Gasteiger partial charge in [0.2, 0.25) is 5.92 Å². The van der Waals surface area contributed by atoms with E-state index < -0.39 is 13.0 Å². The van der Waals surface area contributed by atoms with E-state index in [9.17, 15) is 8.78 Å². The van der Waals surface area contributed by atoms with Gasteiger partial charge in [0.05, 0.1) is 11.2 Å². The molecule has 3 rings (SSSR count). The Morgan fingerprint density at radius 3 is 2.05 bits per heavy atom. The van der Waals surface area contributed by atoms with Gasteiger partial charge in [0.15, 0.2) is 0 Å².